The van der Waals surface area contributed by atoms with Crippen LogP contribution in [0.5, 0.6) is 0 Å². The lowest BCUT2D eigenvalue weighted by molar-refractivity contribution is 1.10. The molecule has 0 bridgehead atoms. The lowest BCUT2D eigenvalue weighted by atomic mass is 10.1. The number of hydrogen-bond donors (Lipinski definition) is 2. The number of nitrogens with one attached hydrogen (secondary N) is 1. The van der Waals surface area contributed by atoms with Crippen LogP contribution in [0.15, 0.2) is 11.4 Å². The Morgan fingerprint density at radius 1 is 1.62 bits per heavy atom. The second-order valence-corrected chi connectivity index (χ2v) is 5.55. The predicted octanol–water partition coefficient (Wildman–Crippen LogP) is 2.63. The van der Waals surface area contributed by atoms with Gasteiger partial charge in [0.05, 0.1) is 8.58 Å². The first kappa shape index (κ1) is 9.01. The Morgan fingerprint density at radius 3 is 2.85 bits per heavy atom. The van der Waals surface area contributed by atoms with E-state index in [9.17, 15) is 0 Å². The van der Waals surface area contributed by atoms with Crippen molar-refractivity contribution in [2.24, 2.45) is 0 Å². The third-order valence-corrected chi connectivity index (χ3v) is 3.69. The molecule has 2 rings (SSSR count). The molecular weight excluding hydrogens is 297 g/mol. The van der Waals surface area contributed by atoms with Crippen molar-refractivity contribution in [1.82, 2.24) is 10.2 Å². The fourth-order valence-corrected chi connectivity index (χ4v) is 2.47. The van der Waals surface area contributed by atoms with Crippen molar-refractivity contribution in [2.75, 3.05) is 5.73 Å². The van der Waals surface area contributed by atoms with Gasteiger partial charge in [0.25, 0.3) is 0 Å². The second kappa shape index (κ2) is 3.30. The average Bonchev–Trinajstić information content (AvgIpc) is 2.62. The van der Waals surface area contributed by atoms with Crippen molar-refractivity contribution < 1.29 is 0 Å². The Labute approximate surface area is 93.5 Å². The lowest BCUT2D eigenvalue weighted by Crippen LogP contribution is -1.85. The average molecular weight is 305 g/mol. The quantitative estimate of drug-likeness (QED) is 0.796. The van der Waals surface area contributed by atoms with Gasteiger partial charge in [-0.05, 0) is 35.6 Å². The van der Waals surface area contributed by atoms with Gasteiger partial charge in [0, 0.05) is 16.5 Å². The fraction of sp³-hybridized carbons (Fsp3) is 0.125. The van der Waals surface area contributed by atoms with E-state index >= 15 is 0 Å². The highest BCUT2D eigenvalue weighted by Gasteiger charge is 2.09. The Kier molecular flexibility index (Phi) is 2.29. The molecule has 2 aromatic heterocycles. The number of aromatic nitrogens is 2. The Balaban J connectivity index is 2.52. The molecule has 0 saturated carbocycles. The van der Waals surface area contributed by atoms with Gasteiger partial charge in [-0.15, -0.1) is 11.3 Å². The van der Waals surface area contributed by atoms with Crippen LogP contribution in [-0.2, 0) is 0 Å². The summed E-state index contributed by atoms with van der Waals surface area (Å²) in [5.41, 5.74) is 8.85. The van der Waals surface area contributed by atoms with Crippen molar-refractivity contribution in [3.8, 4) is 11.3 Å². The summed E-state index contributed by atoms with van der Waals surface area (Å²) >= 11 is 4.01. The van der Waals surface area contributed by atoms with E-state index < -0.39 is 0 Å². The molecule has 0 aliphatic rings. The first-order chi connectivity index (χ1) is 6.18. The molecule has 0 aliphatic carbocycles. The zero-order chi connectivity index (χ0) is 9.42. The third-order valence-electron chi connectivity index (χ3n) is 1.90. The molecule has 0 fully saturated rings. The first-order valence-corrected chi connectivity index (χ1v) is 5.69. The van der Waals surface area contributed by atoms with E-state index in [1.807, 2.05) is 6.92 Å². The summed E-state index contributed by atoms with van der Waals surface area (Å²) in [6.07, 6.45) is 0. The van der Waals surface area contributed by atoms with E-state index in [0.29, 0.717) is 5.82 Å². The van der Waals surface area contributed by atoms with Crippen LogP contribution in [0, 0.1) is 9.81 Å². The number of thiophene rings is 1. The number of halogens is 1. The first-order valence-electron chi connectivity index (χ1n) is 3.73. The molecule has 0 unspecified atom stereocenters. The molecule has 2 aromatic rings. The molecule has 68 valence electrons. The highest BCUT2D eigenvalue weighted by Crippen LogP contribution is 2.28. The number of H-pyrrole nitrogens is 1. The molecule has 0 amide bonds. The number of nitrogens with two attached hydrogens (primary N) is 1. The van der Waals surface area contributed by atoms with Crippen LogP contribution in [0.1, 0.15) is 5.56 Å². The van der Waals surface area contributed by atoms with E-state index in [1.54, 1.807) is 11.3 Å². The maximum atomic E-state index is 5.64. The van der Waals surface area contributed by atoms with Crippen LogP contribution in [0.3, 0.4) is 0 Å². The number of aromatic amines is 1. The minimum atomic E-state index is 0.580. The largest absolute Gasteiger partial charge is 0.382 e. The molecule has 0 saturated heterocycles. The molecule has 3 N–H and O–H groups in total. The van der Waals surface area contributed by atoms with Gasteiger partial charge in [-0.1, -0.05) is 0 Å². The van der Waals surface area contributed by atoms with Crippen LogP contribution < -0.4 is 5.73 Å². The van der Waals surface area contributed by atoms with Crippen molar-refractivity contribution in [3.05, 3.63) is 19.9 Å². The summed E-state index contributed by atoms with van der Waals surface area (Å²) in [7, 11) is 0. The molecule has 0 spiro atoms. The van der Waals surface area contributed by atoms with Gasteiger partial charge in [0.2, 0.25) is 0 Å². The molecule has 2 heterocycles. The number of anilines is 1. The number of nitrogen functional groups attached to an aromatic ring is 1. The third kappa shape index (κ3) is 1.58. The molecule has 5 heteroatoms. The summed E-state index contributed by atoms with van der Waals surface area (Å²) in [5, 5.41) is 8.99. The highest BCUT2D eigenvalue weighted by molar-refractivity contribution is 14.1. The van der Waals surface area contributed by atoms with Crippen molar-refractivity contribution in [3.63, 3.8) is 0 Å². The Bertz CT molecular complexity index is 432. The predicted molar refractivity (Wildman–Crippen MR) is 63.8 cm³/mol. The maximum Gasteiger partial charge on any atom is 0.148 e. The van der Waals surface area contributed by atoms with Crippen LogP contribution in [0.25, 0.3) is 11.3 Å². The van der Waals surface area contributed by atoms with Crippen molar-refractivity contribution in [2.45, 2.75) is 6.92 Å². The summed E-state index contributed by atoms with van der Waals surface area (Å²) in [5.74, 6) is 0.580. The van der Waals surface area contributed by atoms with Gasteiger partial charge in [-0.25, -0.2) is 0 Å². The van der Waals surface area contributed by atoms with Crippen LogP contribution in [0.4, 0.5) is 5.82 Å². The smallest absolute Gasteiger partial charge is 0.148 e. The fourth-order valence-electron chi connectivity index (χ4n) is 1.13. The van der Waals surface area contributed by atoms with Crippen LogP contribution >= 0.6 is 33.9 Å². The van der Waals surface area contributed by atoms with E-state index in [0.717, 1.165) is 16.8 Å². The van der Waals surface area contributed by atoms with Gasteiger partial charge in [0.1, 0.15) is 5.82 Å². The molecule has 0 aromatic carbocycles. The summed E-state index contributed by atoms with van der Waals surface area (Å²) in [4.78, 5) is 0. The number of hydrogen-bond acceptors (Lipinski definition) is 3. The monoisotopic (exact) mass is 305 g/mol. The number of nitrogens with zero attached hydrogens (tertiary/aromatic N) is 1. The van der Waals surface area contributed by atoms with Crippen molar-refractivity contribution >= 4 is 39.7 Å². The molecular formula is C8H8IN3S. The lowest BCUT2D eigenvalue weighted by Gasteiger charge is -1.93. The van der Waals surface area contributed by atoms with Gasteiger partial charge in [-0.3, -0.25) is 5.10 Å². The highest BCUT2D eigenvalue weighted by atomic mass is 127. The zero-order valence-electron chi connectivity index (χ0n) is 6.97. The van der Waals surface area contributed by atoms with Crippen LogP contribution in [0.2, 0.25) is 0 Å². The topological polar surface area (TPSA) is 54.7 Å². The number of rotatable bonds is 1. The summed E-state index contributed by atoms with van der Waals surface area (Å²) in [6.45, 7) is 1.97. The molecule has 0 atom stereocenters. The SMILES string of the molecule is Cc1c(N)n[nH]c1-c1csc(I)c1. The normalized spacial score (nSPS) is 10.6. The van der Waals surface area contributed by atoms with Gasteiger partial charge in [0.15, 0.2) is 0 Å². The van der Waals surface area contributed by atoms with E-state index in [2.05, 4.69) is 44.2 Å². The van der Waals surface area contributed by atoms with E-state index in [1.165, 1.54) is 2.88 Å². The van der Waals surface area contributed by atoms with E-state index in [-0.39, 0.29) is 0 Å². The van der Waals surface area contributed by atoms with Crippen LogP contribution in [-0.4, -0.2) is 10.2 Å². The van der Waals surface area contributed by atoms with Gasteiger partial charge >= 0.3 is 0 Å². The molecule has 3 nitrogen and oxygen atoms in total. The minimum Gasteiger partial charge on any atom is -0.382 e. The van der Waals surface area contributed by atoms with Crippen molar-refractivity contribution in [1.29, 1.82) is 0 Å². The maximum absolute atomic E-state index is 5.64. The molecule has 0 aliphatic heterocycles. The standard InChI is InChI=1S/C8H8IN3S/c1-4-7(11-12-8(4)10)5-2-6(9)13-3-5/h2-3H,1H3,(H3,10,11,12). The summed E-state index contributed by atoms with van der Waals surface area (Å²) in [6, 6.07) is 2.12. The second-order valence-electron chi connectivity index (χ2n) is 2.75. The Hall–Kier alpha value is -0.560. The zero-order valence-corrected chi connectivity index (χ0v) is 9.94. The van der Waals surface area contributed by atoms with E-state index in [4.69, 9.17) is 5.73 Å². The molecule has 13 heavy (non-hydrogen) atoms. The summed E-state index contributed by atoms with van der Waals surface area (Å²) < 4.78 is 1.26. The van der Waals surface area contributed by atoms with Gasteiger partial charge in [-0.2, -0.15) is 5.10 Å². The molecule has 0 radical (unpaired) electrons. The van der Waals surface area contributed by atoms with Gasteiger partial charge < -0.3 is 5.73 Å². The Morgan fingerprint density at radius 2 is 2.38 bits per heavy atom. The minimum absolute atomic E-state index is 0.580.